The third-order valence-corrected chi connectivity index (χ3v) is 2.52. The summed E-state index contributed by atoms with van der Waals surface area (Å²) in [5, 5.41) is 2.87. The molecule has 1 aromatic carbocycles. The molecule has 1 aromatic rings. The third-order valence-electron chi connectivity index (χ3n) is 2.52. The maximum atomic E-state index is 11.7. The predicted molar refractivity (Wildman–Crippen MR) is 68.3 cm³/mol. The molecule has 0 aromatic heterocycles. The molecule has 1 rings (SSSR count). The van der Waals surface area contributed by atoms with Crippen LogP contribution in [0.4, 0.5) is 11.4 Å². The zero-order valence-corrected chi connectivity index (χ0v) is 10.2. The number of carbonyl (C=O) groups is 1. The standard InChI is InChI=1S/C13H20N2O/c1-9(2)7-8-12(16)15-13-10(3)5-4-6-11(13)14/h4-6,9H,7-8,14H2,1-3H3,(H,15,16). The summed E-state index contributed by atoms with van der Waals surface area (Å²) in [6.45, 7) is 6.15. The van der Waals surface area contributed by atoms with Crippen molar-refractivity contribution in [3.8, 4) is 0 Å². The molecule has 0 atom stereocenters. The average molecular weight is 220 g/mol. The van der Waals surface area contributed by atoms with E-state index in [1.54, 1.807) is 6.07 Å². The minimum atomic E-state index is 0.0368. The van der Waals surface area contributed by atoms with E-state index in [0.29, 0.717) is 18.0 Å². The smallest absolute Gasteiger partial charge is 0.224 e. The first-order chi connectivity index (χ1) is 7.50. The summed E-state index contributed by atoms with van der Waals surface area (Å²) >= 11 is 0. The van der Waals surface area contributed by atoms with E-state index >= 15 is 0 Å². The lowest BCUT2D eigenvalue weighted by Crippen LogP contribution is -2.14. The third kappa shape index (κ3) is 3.57. The number of nitrogens with one attached hydrogen (secondary N) is 1. The molecule has 3 heteroatoms. The van der Waals surface area contributed by atoms with Crippen LogP contribution in [0, 0.1) is 12.8 Å². The Balaban J connectivity index is 2.63. The van der Waals surface area contributed by atoms with E-state index in [-0.39, 0.29) is 5.91 Å². The van der Waals surface area contributed by atoms with Crippen LogP contribution < -0.4 is 11.1 Å². The van der Waals surface area contributed by atoms with E-state index < -0.39 is 0 Å². The van der Waals surface area contributed by atoms with Gasteiger partial charge in [-0.1, -0.05) is 26.0 Å². The van der Waals surface area contributed by atoms with Gasteiger partial charge in [-0.25, -0.2) is 0 Å². The fraction of sp³-hybridized carbons (Fsp3) is 0.462. The Morgan fingerprint density at radius 3 is 2.69 bits per heavy atom. The number of nitrogen functional groups attached to an aromatic ring is 1. The first-order valence-electron chi connectivity index (χ1n) is 5.65. The lowest BCUT2D eigenvalue weighted by atomic mass is 10.1. The topological polar surface area (TPSA) is 55.1 Å². The first kappa shape index (κ1) is 12.6. The average Bonchev–Trinajstić information content (AvgIpc) is 2.21. The number of hydrogen-bond donors (Lipinski definition) is 2. The molecular formula is C13H20N2O. The van der Waals surface area contributed by atoms with Crippen molar-refractivity contribution in [2.45, 2.75) is 33.6 Å². The normalized spacial score (nSPS) is 10.5. The van der Waals surface area contributed by atoms with E-state index in [0.717, 1.165) is 17.7 Å². The van der Waals surface area contributed by atoms with Crippen LogP contribution in [-0.4, -0.2) is 5.91 Å². The van der Waals surface area contributed by atoms with Crippen molar-refractivity contribution in [1.82, 2.24) is 0 Å². The Labute approximate surface area is 97.0 Å². The summed E-state index contributed by atoms with van der Waals surface area (Å²) < 4.78 is 0. The molecule has 16 heavy (non-hydrogen) atoms. The van der Waals surface area contributed by atoms with E-state index in [2.05, 4.69) is 19.2 Å². The van der Waals surface area contributed by atoms with Crippen molar-refractivity contribution in [3.63, 3.8) is 0 Å². The molecule has 3 nitrogen and oxygen atoms in total. The molecule has 0 bridgehead atoms. The van der Waals surface area contributed by atoms with Crippen molar-refractivity contribution >= 4 is 17.3 Å². The summed E-state index contributed by atoms with van der Waals surface area (Å²) in [5.41, 5.74) is 8.18. The highest BCUT2D eigenvalue weighted by Gasteiger charge is 2.08. The van der Waals surface area contributed by atoms with Crippen molar-refractivity contribution in [1.29, 1.82) is 0 Å². The van der Waals surface area contributed by atoms with Gasteiger partial charge in [0.2, 0.25) is 5.91 Å². The Morgan fingerprint density at radius 2 is 2.12 bits per heavy atom. The van der Waals surface area contributed by atoms with Gasteiger partial charge in [-0.2, -0.15) is 0 Å². The van der Waals surface area contributed by atoms with Gasteiger partial charge in [-0.15, -0.1) is 0 Å². The zero-order chi connectivity index (χ0) is 12.1. The van der Waals surface area contributed by atoms with Crippen molar-refractivity contribution in [2.75, 3.05) is 11.1 Å². The number of rotatable bonds is 4. The Hall–Kier alpha value is -1.51. The van der Waals surface area contributed by atoms with E-state index in [4.69, 9.17) is 5.73 Å². The molecule has 88 valence electrons. The lowest BCUT2D eigenvalue weighted by molar-refractivity contribution is -0.116. The highest BCUT2D eigenvalue weighted by atomic mass is 16.1. The minimum absolute atomic E-state index is 0.0368. The zero-order valence-electron chi connectivity index (χ0n) is 10.2. The summed E-state index contributed by atoms with van der Waals surface area (Å²) in [4.78, 5) is 11.7. The minimum Gasteiger partial charge on any atom is -0.397 e. The summed E-state index contributed by atoms with van der Waals surface area (Å²) in [6, 6.07) is 5.62. The number of carbonyl (C=O) groups excluding carboxylic acids is 1. The van der Waals surface area contributed by atoms with Crippen molar-refractivity contribution in [3.05, 3.63) is 23.8 Å². The largest absolute Gasteiger partial charge is 0.397 e. The van der Waals surface area contributed by atoms with E-state index in [9.17, 15) is 4.79 Å². The van der Waals surface area contributed by atoms with Crippen LogP contribution in [0.25, 0.3) is 0 Å². The highest BCUT2D eigenvalue weighted by molar-refractivity contribution is 5.94. The SMILES string of the molecule is Cc1cccc(N)c1NC(=O)CCC(C)C. The number of benzene rings is 1. The summed E-state index contributed by atoms with van der Waals surface area (Å²) in [5.74, 6) is 0.578. The number of hydrogen-bond acceptors (Lipinski definition) is 2. The Kier molecular flexibility index (Phi) is 4.35. The second-order valence-electron chi connectivity index (χ2n) is 4.52. The van der Waals surface area contributed by atoms with Gasteiger partial charge in [0.1, 0.15) is 0 Å². The lowest BCUT2D eigenvalue weighted by Gasteiger charge is -2.11. The highest BCUT2D eigenvalue weighted by Crippen LogP contribution is 2.22. The fourth-order valence-electron chi connectivity index (χ4n) is 1.48. The Morgan fingerprint density at radius 1 is 1.44 bits per heavy atom. The van der Waals surface area contributed by atoms with Crippen LogP contribution in [0.1, 0.15) is 32.3 Å². The van der Waals surface area contributed by atoms with Gasteiger partial charge < -0.3 is 11.1 Å². The van der Waals surface area contributed by atoms with Crippen LogP contribution in [0.3, 0.4) is 0 Å². The molecule has 0 saturated carbocycles. The fourth-order valence-corrected chi connectivity index (χ4v) is 1.48. The Bertz CT molecular complexity index is 352. The van der Waals surface area contributed by atoms with Gasteiger partial charge in [0.05, 0.1) is 11.4 Å². The molecule has 1 amide bonds. The molecule has 0 heterocycles. The van der Waals surface area contributed by atoms with E-state index in [1.807, 2.05) is 19.1 Å². The van der Waals surface area contributed by atoms with Gasteiger partial charge in [-0.3, -0.25) is 4.79 Å². The van der Waals surface area contributed by atoms with Crippen LogP contribution in [0.5, 0.6) is 0 Å². The molecule has 0 aliphatic rings. The van der Waals surface area contributed by atoms with Gasteiger partial charge in [0.25, 0.3) is 0 Å². The molecule has 0 unspecified atom stereocenters. The van der Waals surface area contributed by atoms with Gasteiger partial charge in [0, 0.05) is 6.42 Å². The monoisotopic (exact) mass is 220 g/mol. The number of nitrogens with two attached hydrogens (primary N) is 1. The molecule has 0 fully saturated rings. The number of amides is 1. The second-order valence-corrected chi connectivity index (χ2v) is 4.52. The quantitative estimate of drug-likeness (QED) is 0.766. The van der Waals surface area contributed by atoms with Crippen molar-refractivity contribution < 1.29 is 4.79 Å². The van der Waals surface area contributed by atoms with Crippen LogP contribution >= 0.6 is 0 Å². The van der Waals surface area contributed by atoms with Crippen LogP contribution in [0.15, 0.2) is 18.2 Å². The van der Waals surface area contributed by atoms with E-state index in [1.165, 1.54) is 0 Å². The maximum absolute atomic E-state index is 11.7. The predicted octanol–water partition coefficient (Wildman–Crippen LogP) is 2.95. The van der Waals surface area contributed by atoms with Gasteiger partial charge in [-0.05, 0) is 30.9 Å². The molecule has 3 N–H and O–H groups in total. The van der Waals surface area contributed by atoms with Crippen molar-refractivity contribution in [2.24, 2.45) is 5.92 Å². The maximum Gasteiger partial charge on any atom is 0.224 e. The number of aryl methyl sites for hydroxylation is 1. The molecule has 0 aliphatic carbocycles. The molecule has 0 radical (unpaired) electrons. The number of anilines is 2. The molecule has 0 saturated heterocycles. The molecule has 0 spiro atoms. The van der Waals surface area contributed by atoms with Crippen LogP contribution in [0.2, 0.25) is 0 Å². The summed E-state index contributed by atoms with van der Waals surface area (Å²) in [6.07, 6.45) is 1.45. The second kappa shape index (κ2) is 5.54. The van der Waals surface area contributed by atoms with Gasteiger partial charge in [0.15, 0.2) is 0 Å². The molecular weight excluding hydrogens is 200 g/mol. The first-order valence-corrected chi connectivity index (χ1v) is 5.65. The molecule has 0 aliphatic heterocycles. The summed E-state index contributed by atoms with van der Waals surface area (Å²) in [7, 11) is 0. The number of para-hydroxylation sites is 1. The van der Waals surface area contributed by atoms with Gasteiger partial charge >= 0.3 is 0 Å². The van der Waals surface area contributed by atoms with Crippen LogP contribution in [-0.2, 0) is 4.79 Å².